The molecule has 2 unspecified atom stereocenters. The van der Waals surface area contributed by atoms with Crippen molar-refractivity contribution in [3.8, 4) is 0 Å². The van der Waals surface area contributed by atoms with Crippen LogP contribution in [0.15, 0.2) is 10.5 Å². The largest absolute Gasteiger partial charge is 0.465 e. The van der Waals surface area contributed by atoms with Gasteiger partial charge < -0.3 is 9.73 Å². The van der Waals surface area contributed by atoms with Gasteiger partial charge in [-0.3, -0.25) is 4.90 Å². The van der Waals surface area contributed by atoms with Gasteiger partial charge in [-0.1, -0.05) is 20.8 Å². The Hall–Kier alpha value is -0.800. The molecule has 0 spiro atoms. The van der Waals surface area contributed by atoms with Crippen molar-refractivity contribution in [3.05, 3.63) is 23.2 Å². The summed E-state index contributed by atoms with van der Waals surface area (Å²) in [6, 6.07) is 4.18. The molecule has 1 N–H and O–H groups in total. The second kappa shape index (κ2) is 6.77. The summed E-state index contributed by atoms with van der Waals surface area (Å²) in [7, 11) is 0. The van der Waals surface area contributed by atoms with Gasteiger partial charge in [0.1, 0.15) is 11.5 Å². The van der Waals surface area contributed by atoms with E-state index in [-0.39, 0.29) is 0 Å². The molecular weight excluding hydrogens is 248 g/mol. The van der Waals surface area contributed by atoms with Crippen molar-refractivity contribution in [1.82, 2.24) is 10.2 Å². The minimum Gasteiger partial charge on any atom is -0.465 e. The Morgan fingerprint density at radius 3 is 2.80 bits per heavy atom. The number of nitrogens with one attached hydrogen (secondary N) is 1. The highest BCUT2D eigenvalue weighted by Crippen LogP contribution is 2.29. The number of likely N-dealkylation sites (tertiary alicyclic amines) is 1. The van der Waals surface area contributed by atoms with Crippen molar-refractivity contribution in [3.63, 3.8) is 0 Å². The molecule has 2 heterocycles. The van der Waals surface area contributed by atoms with E-state index in [0.29, 0.717) is 12.1 Å². The van der Waals surface area contributed by atoms with E-state index in [1.165, 1.54) is 24.8 Å². The molecule has 0 aliphatic carbocycles. The highest BCUT2D eigenvalue weighted by atomic mass is 16.3. The summed E-state index contributed by atoms with van der Waals surface area (Å²) in [4.78, 5) is 2.65. The van der Waals surface area contributed by atoms with Gasteiger partial charge >= 0.3 is 0 Å². The van der Waals surface area contributed by atoms with Crippen LogP contribution in [0.4, 0.5) is 0 Å². The van der Waals surface area contributed by atoms with Gasteiger partial charge in [-0.2, -0.15) is 0 Å². The third-order valence-electron chi connectivity index (χ3n) is 4.53. The number of hydrogen-bond donors (Lipinski definition) is 1. The second-order valence-electron chi connectivity index (χ2n) is 6.49. The number of nitrogens with zero attached hydrogens (tertiary/aromatic N) is 1. The third kappa shape index (κ3) is 3.64. The first-order chi connectivity index (χ1) is 9.51. The van der Waals surface area contributed by atoms with Crippen LogP contribution in [0.5, 0.6) is 0 Å². The Balaban J connectivity index is 2.01. The van der Waals surface area contributed by atoms with Gasteiger partial charge in [0.15, 0.2) is 0 Å². The summed E-state index contributed by atoms with van der Waals surface area (Å²) in [5.41, 5.74) is 1.36. The van der Waals surface area contributed by atoms with Gasteiger partial charge in [-0.15, -0.1) is 0 Å². The molecule has 3 heteroatoms. The Labute approximate surface area is 123 Å². The van der Waals surface area contributed by atoms with Crippen LogP contribution in [0.3, 0.4) is 0 Å². The van der Waals surface area contributed by atoms with Crippen LogP contribution in [-0.2, 0) is 13.1 Å². The topological polar surface area (TPSA) is 28.4 Å². The van der Waals surface area contributed by atoms with E-state index in [4.69, 9.17) is 4.42 Å². The summed E-state index contributed by atoms with van der Waals surface area (Å²) in [5, 5.41) is 3.42. The minimum atomic E-state index is 0.493. The van der Waals surface area contributed by atoms with Crippen LogP contribution in [-0.4, -0.2) is 23.0 Å². The van der Waals surface area contributed by atoms with Crippen LogP contribution in [0, 0.1) is 6.92 Å². The summed E-state index contributed by atoms with van der Waals surface area (Å²) in [6.45, 7) is 12.9. The fourth-order valence-electron chi connectivity index (χ4n) is 3.18. The summed E-state index contributed by atoms with van der Waals surface area (Å²) < 4.78 is 5.89. The Kier molecular flexibility index (Phi) is 5.28. The van der Waals surface area contributed by atoms with E-state index in [1.54, 1.807) is 0 Å². The zero-order valence-electron chi connectivity index (χ0n) is 13.7. The Morgan fingerprint density at radius 1 is 1.40 bits per heavy atom. The van der Waals surface area contributed by atoms with Crippen LogP contribution in [0.25, 0.3) is 0 Å². The quantitative estimate of drug-likeness (QED) is 0.857. The van der Waals surface area contributed by atoms with Gasteiger partial charge in [0.2, 0.25) is 0 Å². The molecule has 0 saturated carbocycles. The lowest BCUT2D eigenvalue weighted by Crippen LogP contribution is -2.33. The lowest BCUT2D eigenvalue weighted by molar-refractivity contribution is 0.188. The lowest BCUT2D eigenvalue weighted by atomic mass is 10.1. The van der Waals surface area contributed by atoms with E-state index in [2.05, 4.69) is 50.9 Å². The average Bonchev–Trinajstić information content (AvgIpc) is 2.92. The first-order valence-electron chi connectivity index (χ1n) is 8.08. The average molecular weight is 278 g/mol. The highest BCUT2D eigenvalue weighted by Gasteiger charge is 2.29. The molecule has 1 fully saturated rings. The number of rotatable bonds is 6. The molecule has 3 nitrogen and oxygen atoms in total. The second-order valence-corrected chi connectivity index (χ2v) is 6.49. The molecule has 114 valence electrons. The minimum absolute atomic E-state index is 0.493. The van der Waals surface area contributed by atoms with Gasteiger partial charge in [-0.25, -0.2) is 0 Å². The maximum absolute atomic E-state index is 5.89. The molecule has 0 aromatic carbocycles. The zero-order chi connectivity index (χ0) is 14.7. The molecule has 1 aromatic heterocycles. The van der Waals surface area contributed by atoms with E-state index in [0.717, 1.165) is 30.7 Å². The summed E-state index contributed by atoms with van der Waals surface area (Å²) >= 11 is 0. The smallest absolute Gasteiger partial charge is 0.118 e. The maximum Gasteiger partial charge on any atom is 0.118 e. The third-order valence-corrected chi connectivity index (χ3v) is 4.53. The molecule has 1 saturated heterocycles. The van der Waals surface area contributed by atoms with E-state index in [1.807, 2.05) is 0 Å². The van der Waals surface area contributed by atoms with Crippen molar-refractivity contribution in [2.75, 3.05) is 0 Å². The van der Waals surface area contributed by atoms with Gasteiger partial charge in [0.05, 0.1) is 6.54 Å². The SMILES string of the molecule is CCC1CCC(C)N1Cc1cc(CNC(C)C)oc1C. The van der Waals surface area contributed by atoms with Gasteiger partial charge in [0.25, 0.3) is 0 Å². The van der Waals surface area contributed by atoms with Crippen molar-refractivity contribution in [2.24, 2.45) is 0 Å². The molecule has 0 amide bonds. The van der Waals surface area contributed by atoms with Crippen LogP contribution >= 0.6 is 0 Å². The number of furan rings is 1. The first-order valence-corrected chi connectivity index (χ1v) is 8.08. The number of hydrogen-bond acceptors (Lipinski definition) is 3. The molecule has 0 radical (unpaired) electrons. The summed E-state index contributed by atoms with van der Waals surface area (Å²) in [6.07, 6.45) is 3.93. The van der Waals surface area contributed by atoms with E-state index >= 15 is 0 Å². The van der Waals surface area contributed by atoms with Crippen molar-refractivity contribution in [1.29, 1.82) is 0 Å². The van der Waals surface area contributed by atoms with Crippen LogP contribution < -0.4 is 5.32 Å². The Morgan fingerprint density at radius 2 is 2.15 bits per heavy atom. The summed E-state index contributed by atoms with van der Waals surface area (Å²) in [5.74, 6) is 2.14. The molecule has 1 aliphatic heterocycles. The molecule has 1 aliphatic rings. The maximum atomic E-state index is 5.89. The number of aryl methyl sites for hydroxylation is 1. The molecule has 2 rings (SSSR count). The highest BCUT2D eigenvalue weighted by molar-refractivity contribution is 5.21. The van der Waals surface area contributed by atoms with Crippen molar-refractivity contribution >= 4 is 0 Å². The van der Waals surface area contributed by atoms with E-state index in [9.17, 15) is 0 Å². The lowest BCUT2D eigenvalue weighted by Gasteiger charge is -2.27. The predicted molar refractivity (Wildman–Crippen MR) is 83.7 cm³/mol. The fraction of sp³-hybridized carbons (Fsp3) is 0.765. The predicted octanol–water partition coefficient (Wildman–Crippen LogP) is 3.85. The fourth-order valence-corrected chi connectivity index (χ4v) is 3.18. The molecular formula is C17H30N2O. The Bertz CT molecular complexity index is 425. The molecule has 20 heavy (non-hydrogen) atoms. The molecule has 0 bridgehead atoms. The first kappa shape index (κ1) is 15.6. The van der Waals surface area contributed by atoms with Crippen LogP contribution in [0.1, 0.15) is 64.0 Å². The normalized spacial score (nSPS) is 23.9. The van der Waals surface area contributed by atoms with E-state index < -0.39 is 0 Å². The zero-order valence-corrected chi connectivity index (χ0v) is 13.7. The van der Waals surface area contributed by atoms with Crippen molar-refractivity contribution in [2.45, 2.75) is 85.1 Å². The van der Waals surface area contributed by atoms with Gasteiger partial charge in [0, 0.05) is 30.2 Å². The molecule has 1 aromatic rings. The van der Waals surface area contributed by atoms with Gasteiger partial charge in [-0.05, 0) is 39.2 Å². The monoisotopic (exact) mass is 278 g/mol. The van der Waals surface area contributed by atoms with Crippen LogP contribution in [0.2, 0.25) is 0 Å². The standard InChI is InChI=1S/C17H30N2O/c1-6-16-8-7-13(4)19(16)11-15-9-17(20-14(15)5)10-18-12(2)3/h9,12-13,16,18H,6-8,10-11H2,1-5H3. The van der Waals surface area contributed by atoms with Crippen molar-refractivity contribution < 1.29 is 4.42 Å². The molecule has 2 atom stereocenters.